The Labute approximate surface area is 150 Å². The second-order valence-corrected chi connectivity index (χ2v) is 6.25. The Balaban J connectivity index is 1.74. The summed E-state index contributed by atoms with van der Waals surface area (Å²) in [6, 6.07) is 13.9. The fourth-order valence-electron chi connectivity index (χ4n) is 2.52. The Hall–Kier alpha value is -2.49. The van der Waals surface area contributed by atoms with Crippen LogP contribution in [0.1, 0.15) is 30.0 Å². The molecule has 0 aliphatic rings. The molecular weight excluding hydrogens is 314 g/mol. The Kier molecular flexibility index (Phi) is 6.87. The van der Waals surface area contributed by atoms with Gasteiger partial charge in [-0.2, -0.15) is 0 Å². The van der Waals surface area contributed by atoms with E-state index in [-0.39, 0.29) is 5.91 Å². The SMILES string of the molecule is COc1cccc(CCCNC(=O)[C@H](C)Oc2ccc(C)c(C)c2)c1. The molecule has 0 aromatic heterocycles. The molecule has 0 spiro atoms. The van der Waals surface area contributed by atoms with E-state index in [4.69, 9.17) is 9.47 Å². The maximum atomic E-state index is 12.2. The van der Waals surface area contributed by atoms with Crippen molar-refractivity contribution in [1.29, 1.82) is 0 Å². The molecule has 134 valence electrons. The first kappa shape index (κ1) is 18.8. The van der Waals surface area contributed by atoms with Crippen molar-refractivity contribution in [2.24, 2.45) is 0 Å². The van der Waals surface area contributed by atoms with Gasteiger partial charge in [-0.25, -0.2) is 0 Å². The van der Waals surface area contributed by atoms with Crippen LogP contribution in [0.25, 0.3) is 0 Å². The second kappa shape index (κ2) is 9.11. The van der Waals surface area contributed by atoms with Crippen molar-refractivity contribution >= 4 is 5.91 Å². The van der Waals surface area contributed by atoms with Crippen LogP contribution in [0.5, 0.6) is 11.5 Å². The Morgan fingerprint density at radius 3 is 2.60 bits per heavy atom. The Morgan fingerprint density at radius 2 is 1.88 bits per heavy atom. The van der Waals surface area contributed by atoms with Gasteiger partial charge >= 0.3 is 0 Å². The topological polar surface area (TPSA) is 47.6 Å². The highest BCUT2D eigenvalue weighted by Gasteiger charge is 2.14. The molecular formula is C21H27NO3. The van der Waals surface area contributed by atoms with Crippen molar-refractivity contribution in [1.82, 2.24) is 5.32 Å². The molecule has 4 heteroatoms. The van der Waals surface area contributed by atoms with Gasteiger partial charge in [-0.3, -0.25) is 4.79 Å². The first-order valence-corrected chi connectivity index (χ1v) is 8.64. The molecule has 1 atom stereocenters. The predicted molar refractivity (Wildman–Crippen MR) is 100 cm³/mol. The van der Waals surface area contributed by atoms with Gasteiger partial charge in [0.2, 0.25) is 0 Å². The summed E-state index contributed by atoms with van der Waals surface area (Å²) < 4.78 is 10.9. The zero-order valence-corrected chi connectivity index (χ0v) is 15.5. The van der Waals surface area contributed by atoms with E-state index < -0.39 is 6.10 Å². The number of rotatable bonds is 8. The quantitative estimate of drug-likeness (QED) is 0.742. The average molecular weight is 341 g/mol. The van der Waals surface area contributed by atoms with Crippen LogP contribution < -0.4 is 14.8 Å². The van der Waals surface area contributed by atoms with Crippen molar-refractivity contribution in [3.63, 3.8) is 0 Å². The molecule has 0 saturated carbocycles. The number of carbonyl (C=O) groups is 1. The number of carbonyl (C=O) groups excluding carboxylic acids is 1. The average Bonchev–Trinajstić information content (AvgIpc) is 2.61. The monoisotopic (exact) mass is 341 g/mol. The van der Waals surface area contributed by atoms with Crippen LogP contribution in [-0.4, -0.2) is 25.7 Å². The molecule has 0 aliphatic heterocycles. The highest BCUT2D eigenvalue weighted by Crippen LogP contribution is 2.18. The van der Waals surface area contributed by atoms with Gasteiger partial charge in [0.05, 0.1) is 7.11 Å². The molecule has 0 radical (unpaired) electrons. The van der Waals surface area contributed by atoms with Gasteiger partial charge in [0.1, 0.15) is 11.5 Å². The molecule has 2 aromatic carbocycles. The summed E-state index contributed by atoms with van der Waals surface area (Å²) in [6.07, 6.45) is 1.25. The van der Waals surface area contributed by atoms with E-state index >= 15 is 0 Å². The summed E-state index contributed by atoms with van der Waals surface area (Å²) in [5, 5.41) is 2.93. The van der Waals surface area contributed by atoms with Gasteiger partial charge < -0.3 is 14.8 Å². The van der Waals surface area contributed by atoms with Gasteiger partial charge in [0, 0.05) is 6.54 Å². The van der Waals surface area contributed by atoms with Crippen molar-refractivity contribution in [3.05, 3.63) is 59.2 Å². The lowest BCUT2D eigenvalue weighted by molar-refractivity contribution is -0.127. The number of hydrogen-bond acceptors (Lipinski definition) is 3. The normalized spacial score (nSPS) is 11.7. The zero-order chi connectivity index (χ0) is 18.2. The van der Waals surface area contributed by atoms with E-state index in [0.29, 0.717) is 6.54 Å². The summed E-state index contributed by atoms with van der Waals surface area (Å²) in [6.45, 7) is 6.48. The molecule has 2 aromatic rings. The van der Waals surface area contributed by atoms with Crippen molar-refractivity contribution in [2.75, 3.05) is 13.7 Å². The smallest absolute Gasteiger partial charge is 0.260 e. The highest BCUT2D eigenvalue weighted by atomic mass is 16.5. The van der Waals surface area contributed by atoms with Crippen LogP contribution in [0, 0.1) is 13.8 Å². The molecule has 0 heterocycles. The van der Waals surface area contributed by atoms with Crippen LogP contribution in [0.3, 0.4) is 0 Å². The van der Waals surface area contributed by atoms with Crippen LogP contribution in [0.15, 0.2) is 42.5 Å². The predicted octanol–water partition coefficient (Wildman–Crippen LogP) is 3.83. The van der Waals surface area contributed by atoms with Gasteiger partial charge in [-0.1, -0.05) is 18.2 Å². The minimum Gasteiger partial charge on any atom is -0.497 e. The fraction of sp³-hybridized carbons (Fsp3) is 0.381. The van der Waals surface area contributed by atoms with Crippen LogP contribution in [-0.2, 0) is 11.2 Å². The van der Waals surface area contributed by atoms with Crippen molar-refractivity contribution in [3.8, 4) is 11.5 Å². The van der Waals surface area contributed by atoms with E-state index in [1.807, 2.05) is 43.3 Å². The molecule has 1 amide bonds. The Morgan fingerprint density at radius 1 is 1.08 bits per heavy atom. The molecule has 0 saturated heterocycles. The summed E-state index contributed by atoms with van der Waals surface area (Å²) in [5.41, 5.74) is 3.57. The molecule has 2 rings (SSSR count). The minimum atomic E-state index is -0.515. The van der Waals surface area contributed by atoms with Crippen LogP contribution >= 0.6 is 0 Å². The first-order chi connectivity index (χ1) is 12.0. The van der Waals surface area contributed by atoms with Crippen molar-refractivity contribution in [2.45, 2.75) is 39.7 Å². The second-order valence-electron chi connectivity index (χ2n) is 6.25. The van der Waals surface area contributed by atoms with Crippen LogP contribution in [0.2, 0.25) is 0 Å². The lowest BCUT2D eigenvalue weighted by atomic mass is 10.1. The number of hydrogen-bond donors (Lipinski definition) is 1. The standard InChI is InChI=1S/C21H27NO3/c1-15-10-11-20(13-16(15)2)25-17(3)21(23)22-12-6-8-18-7-5-9-19(14-18)24-4/h5,7,9-11,13-14,17H,6,8,12H2,1-4H3,(H,22,23)/t17-/m0/s1. The molecule has 25 heavy (non-hydrogen) atoms. The molecule has 1 N–H and O–H groups in total. The number of amides is 1. The lowest BCUT2D eigenvalue weighted by Gasteiger charge is -2.15. The van der Waals surface area contributed by atoms with Gasteiger partial charge in [0.15, 0.2) is 6.10 Å². The fourth-order valence-corrected chi connectivity index (χ4v) is 2.52. The zero-order valence-electron chi connectivity index (χ0n) is 15.5. The summed E-state index contributed by atoms with van der Waals surface area (Å²) in [4.78, 5) is 12.2. The van der Waals surface area contributed by atoms with Crippen LogP contribution in [0.4, 0.5) is 0 Å². The summed E-state index contributed by atoms with van der Waals surface area (Å²) in [7, 11) is 1.66. The summed E-state index contributed by atoms with van der Waals surface area (Å²) in [5.74, 6) is 1.49. The summed E-state index contributed by atoms with van der Waals surface area (Å²) >= 11 is 0. The molecule has 0 bridgehead atoms. The number of ether oxygens (including phenoxy) is 2. The maximum absolute atomic E-state index is 12.2. The molecule has 0 aliphatic carbocycles. The van der Waals surface area contributed by atoms with Gasteiger partial charge in [-0.05, 0) is 74.6 Å². The number of benzene rings is 2. The van der Waals surface area contributed by atoms with E-state index in [9.17, 15) is 4.79 Å². The number of aryl methyl sites for hydroxylation is 3. The molecule has 4 nitrogen and oxygen atoms in total. The molecule has 0 fully saturated rings. The van der Waals surface area contributed by atoms with E-state index in [1.54, 1.807) is 14.0 Å². The third kappa shape index (κ3) is 5.82. The first-order valence-electron chi connectivity index (χ1n) is 8.64. The minimum absolute atomic E-state index is 0.0936. The van der Waals surface area contributed by atoms with E-state index in [0.717, 1.165) is 29.9 Å². The van der Waals surface area contributed by atoms with Gasteiger partial charge in [0.25, 0.3) is 5.91 Å². The highest BCUT2D eigenvalue weighted by molar-refractivity contribution is 5.80. The van der Waals surface area contributed by atoms with Crippen molar-refractivity contribution < 1.29 is 14.3 Å². The Bertz CT molecular complexity index is 712. The van der Waals surface area contributed by atoms with Gasteiger partial charge in [-0.15, -0.1) is 0 Å². The van der Waals surface area contributed by atoms with E-state index in [1.165, 1.54) is 11.1 Å². The number of nitrogens with one attached hydrogen (secondary N) is 1. The maximum Gasteiger partial charge on any atom is 0.260 e. The van der Waals surface area contributed by atoms with E-state index in [2.05, 4.69) is 18.3 Å². The molecule has 0 unspecified atom stereocenters. The third-order valence-corrected chi connectivity index (χ3v) is 4.24. The number of methoxy groups -OCH3 is 1. The largest absolute Gasteiger partial charge is 0.497 e. The third-order valence-electron chi connectivity index (χ3n) is 4.24. The lowest BCUT2D eigenvalue weighted by Crippen LogP contribution is -2.36.